The molecular weight excluding hydrogens is 232 g/mol. The zero-order chi connectivity index (χ0) is 13.4. The number of nitrogens with one attached hydrogen (secondary N) is 1. The predicted molar refractivity (Wildman–Crippen MR) is 68.6 cm³/mol. The molecule has 0 unspecified atom stereocenters. The smallest absolute Gasteiger partial charge is 0.251 e. The molecule has 1 N–H and O–H groups in total. The number of rotatable bonds is 6. The molecule has 1 rings (SSSR count). The van der Waals surface area contributed by atoms with E-state index in [2.05, 4.69) is 15.3 Å². The molecule has 96 valence electrons. The van der Waals surface area contributed by atoms with Crippen LogP contribution in [0.15, 0.2) is 29.4 Å². The van der Waals surface area contributed by atoms with Crippen LogP contribution >= 0.6 is 0 Å². The van der Waals surface area contributed by atoms with Crippen molar-refractivity contribution in [3.05, 3.63) is 40.3 Å². The summed E-state index contributed by atoms with van der Waals surface area (Å²) in [5, 5.41) is 5.98. The summed E-state index contributed by atoms with van der Waals surface area (Å²) in [5.74, 6) is 0.537. The molecule has 18 heavy (non-hydrogen) atoms. The number of azide groups is 1. The summed E-state index contributed by atoms with van der Waals surface area (Å²) in [5.41, 5.74) is 8.63. The summed E-state index contributed by atoms with van der Waals surface area (Å²) in [6, 6.07) is 6.89. The minimum Gasteiger partial charge on any atom is -0.491 e. The largest absolute Gasteiger partial charge is 0.491 e. The fraction of sp³-hybridized carbons (Fsp3) is 0.417. The van der Waals surface area contributed by atoms with Gasteiger partial charge in [0.25, 0.3) is 5.91 Å². The Labute approximate surface area is 106 Å². The normalized spacial score (nSPS) is 9.72. The number of carbonyl (C=O) groups excluding carboxylic acids is 1. The van der Waals surface area contributed by atoms with Crippen LogP contribution in [0.3, 0.4) is 0 Å². The first-order valence-corrected chi connectivity index (χ1v) is 5.69. The van der Waals surface area contributed by atoms with Gasteiger partial charge in [0.05, 0.1) is 6.10 Å². The molecule has 6 nitrogen and oxygen atoms in total. The Bertz CT molecular complexity index is 436. The molecule has 1 aromatic carbocycles. The van der Waals surface area contributed by atoms with Gasteiger partial charge in [-0.2, -0.15) is 0 Å². The van der Waals surface area contributed by atoms with Gasteiger partial charge in [-0.05, 0) is 43.6 Å². The predicted octanol–water partition coefficient (Wildman–Crippen LogP) is 2.51. The van der Waals surface area contributed by atoms with E-state index in [0.717, 1.165) is 5.75 Å². The average Bonchev–Trinajstić information content (AvgIpc) is 2.34. The molecule has 0 heterocycles. The highest BCUT2D eigenvalue weighted by Gasteiger charge is 2.05. The summed E-state index contributed by atoms with van der Waals surface area (Å²) < 4.78 is 5.48. The van der Waals surface area contributed by atoms with E-state index in [1.54, 1.807) is 24.3 Å². The fourth-order valence-electron chi connectivity index (χ4n) is 1.32. The van der Waals surface area contributed by atoms with E-state index < -0.39 is 0 Å². The van der Waals surface area contributed by atoms with Crippen LogP contribution in [0.2, 0.25) is 0 Å². The second-order valence-corrected chi connectivity index (χ2v) is 3.90. The van der Waals surface area contributed by atoms with Gasteiger partial charge in [-0.1, -0.05) is 5.11 Å². The zero-order valence-corrected chi connectivity index (χ0v) is 10.5. The van der Waals surface area contributed by atoms with Crippen molar-refractivity contribution in [2.45, 2.75) is 20.0 Å². The van der Waals surface area contributed by atoms with E-state index in [0.29, 0.717) is 12.1 Å². The van der Waals surface area contributed by atoms with Gasteiger partial charge in [0.15, 0.2) is 0 Å². The highest BCUT2D eigenvalue weighted by molar-refractivity contribution is 5.94. The monoisotopic (exact) mass is 248 g/mol. The molecular formula is C12H16N4O2. The van der Waals surface area contributed by atoms with Crippen LogP contribution in [0, 0.1) is 0 Å². The third kappa shape index (κ3) is 4.76. The lowest BCUT2D eigenvalue weighted by Gasteiger charge is -2.10. The molecule has 0 spiro atoms. The molecule has 0 bridgehead atoms. The van der Waals surface area contributed by atoms with Crippen LogP contribution in [0.25, 0.3) is 10.4 Å². The maximum Gasteiger partial charge on any atom is 0.251 e. The maximum absolute atomic E-state index is 11.7. The van der Waals surface area contributed by atoms with Gasteiger partial charge in [-0.3, -0.25) is 4.79 Å². The molecule has 0 aliphatic carbocycles. The lowest BCUT2D eigenvalue weighted by Crippen LogP contribution is -2.25. The third-order valence-electron chi connectivity index (χ3n) is 2.05. The molecule has 1 amide bonds. The first-order chi connectivity index (χ1) is 8.63. The van der Waals surface area contributed by atoms with Gasteiger partial charge in [0.2, 0.25) is 0 Å². The Balaban J connectivity index is 2.51. The second kappa shape index (κ2) is 7.19. The lowest BCUT2D eigenvalue weighted by molar-refractivity contribution is 0.0955. The third-order valence-corrected chi connectivity index (χ3v) is 2.05. The van der Waals surface area contributed by atoms with Gasteiger partial charge in [-0.15, -0.1) is 0 Å². The molecule has 0 aromatic heterocycles. The number of hydrogen-bond donors (Lipinski definition) is 1. The van der Waals surface area contributed by atoms with Crippen LogP contribution in [-0.4, -0.2) is 25.1 Å². The zero-order valence-electron chi connectivity index (χ0n) is 10.5. The van der Waals surface area contributed by atoms with E-state index in [1.165, 1.54) is 0 Å². The van der Waals surface area contributed by atoms with Crippen molar-refractivity contribution in [1.29, 1.82) is 0 Å². The molecule has 0 aliphatic rings. The molecule has 0 aliphatic heterocycles. The molecule has 6 heteroatoms. The van der Waals surface area contributed by atoms with Crippen LogP contribution in [-0.2, 0) is 0 Å². The van der Waals surface area contributed by atoms with Gasteiger partial charge < -0.3 is 10.1 Å². The van der Waals surface area contributed by atoms with Crippen molar-refractivity contribution in [3.8, 4) is 5.75 Å². The van der Waals surface area contributed by atoms with Crippen molar-refractivity contribution in [1.82, 2.24) is 5.32 Å². The molecule has 0 radical (unpaired) electrons. The number of hydrogen-bond acceptors (Lipinski definition) is 3. The molecule has 0 saturated carbocycles. The van der Waals surface area contributed by atoms with E-state index in [4.69, 9.17) is 10.3 Å². The van der Waals surface area contributed by atoms with Crippen LogP contribution < -0.4 is 10.1 Å². The molecule has 0 atom stereocenters. The van der Waals surface area contributed by atoms with Gasteiger partial charge in [0.1, 0.15) is 5.75 Å². The number of amides is 1. The van der Waals surface area contributed by atoms with Gasteiger partial charge in [-0.25, -0.2) is 0 Å². The summed E-state index contributed by atoms with van der Waals surface area (Å²) in [4.78, 5) is 14.3. The van der Waals surface area contributed by atoms with Crippen molar-refractivity contribution >= 4 is 5.91 Å². The number of benzene rings is 1. The topological polar surface area (TPSA) is 87.1 Å². The summed E-state index contributed by atoms with van der Waals surface area (Å²) in [7, 11) is 0. The Morgan fingerprint density at radius 1 is 1.44 bits per heavy atom. The van der Waals surface area contributed by atoms with Gasteiger partial charge >= 0.3 is 0 Å². The van der Waals surface area contributed by atoms with Gasteiger partial charge in [0, 0.05) is 23.6 Å². The van der Waals surface area contributed by atoms with E-state index in [9.17, 15) is 4.79 Å². The quantitative estimate of drug-likeness (QED) is 0.363. The van der Waals surface area contributed by atoms with E-state index >= 15 is 0 Å². The first-order valence-electron chi connectivity index (χ1n) is 5.69. The number of carbonyl (C=O) groups is 1. The van der Waals surface area contributed by atoms with Crippen LogP contribution in [0.4, 0.5) is 0 Å². The molecule has 1 aromatic rings. The van der Waals surface area contributed by atoms with Crippen molar-refractivity contribution in [2.24, 2.45) is 5.11 Å². The minimum absolute atomic E-state index is 0.105. The molecule has 0 fully saturated rings. The molecule has 0 saturated heterocycles. The first kappa shape index (κ1) is 13.9. The summed E-state index contributed by atoms with van der Waals surface area (Å²) >= 11 is 0. The summed E-state index contributed by atoms with van der Waals surface area (Å²) in [6.07, 6.45) is 0.105. The Hall–Kier alpha value is -2.20. The Kier molecular flexibility index (Phi) is 5.54. The lowest BCUT2D eigenvalue weighted by atomic mass is 10.2. The number of nitrogens with zero attached hydrogens (tertiary/aromatic N) is 3. The number of ether oxygens (including phenoxy) is 1. The summed E-state index contributed by atoms with van der Waals surface area (Å²) in [6.45, 7) is 4.45. The minimum atomic E-state index is -0.195. The van der Waals surface area contributed by atoms with Crippen LogP contribution in [0.1, 0.15) is 24.2 Å². The Morgan fingerprint density at radius 3 is 2.67 bits per heavy atom. The van der Waals surface area contributed by atoms with Crippen molar-refractivity contribution in [2.75, 3.05) is 13.1 Å². The highest BCUT2D eigenvalue weighted by atomic mass is 16.5. The SMILES string of the molecule is CC(C)Oc1ccc(C(=O)NCCN=[N+]=[N-])cc1. The second-order valence-electron chi connectivity index (χ2n) is 3.90. The van der Waals surface area contributed by atoms with E-state index in [1.807, 2.05) is 13.8 Å². The Morgan fingerprint density at radius 2 is 2.11 bits per heavy atom. The highest BCUT2D eigenvalue weighted by Crippen LogP contribution is 2.13. The average molecular weight is 248 g/mol. The van der Waals surface area contributed by atoms with Crippen molar-refractivity contribution in [3.63, 3.8) is 0 Å². The van der Waals surface area contributed by atoms with Crippen molar-refractivity contribution < 1.29 is 9.53 Å². The van der Waals surface area contributed by atoms with E-state index in [-0.39, 0.29) is 18.6 Å². The van der Waals surface area contributed by atoms with Crippen LogP contribution in [0.5, 0.6) is 5.75 Å². The maximum atomic E-state index is 11.7. The standard InChI is InChI=1S/C12H16N4O2/c1-9(2)18-11-5-3-10(4-6-11)12(17)14-7-8-15-16-13/h3-6,9H,7-8H2,1-2H3,(H,14,17). The fourth-order valence-corrected chi connectivity index (χ4v) is 1.32.